The molecule has 76 valence electrons. The van der Waals surface area contributed by atoms with Crippen molar-refractivity contribution in [1.29, 1.82) is 0 Å². The molecule has 0 radical (unpaired) electrons. The number of benzene rings is 1. The maximum absolute atomic E-state index is 13.4. The van der Waals surface area contributed by atoms with Crippen LogP contribution in [0.15, 0.2) is 24.7 Å². The molecule has 1 heterocycles. The van der Waals surface area contributed by atoms with Gasteiger partial charge in [-0.05, 0) is 12.1 Å². The normalized spacial score (nSPS) is 10.3. The molecule has 3 nitrogen and oxygen atoms in total. The Labute approximate surface area is 83.8 Å². The number of nitrogens with zero attached hydrogens (tertiary/aromatic N) is 1. The van der Waals surface area contributed by atoms with Crippen LogP contribution in [0.2, 0.25) is 0 Å². The van der Waals surface area contributed by atoms with E-state index >= 15 is 0 Å². The molecule has 0 aliphatic heterocycles. The zero-order valence-electron chi connectivity index (χ0n) is 7.50. The van der Waals surface area contributed by atoms with E-state index in [2.05, 4.69) is 9.97 Å². The number of rotatable bonds is 2. The molecule has 0 fully saturated rings. The first-order chi connectivity index (χ1) is 7.24. The fraction of sp³-hybridized carbons (Fsp3) is 0. The largest absolute Gasteiger partial charge is 0.345 e. The van der Waals surface area contributed by atoms with Crippen LogP contribution in [0.4, 0.5) is 8.78 Å². The lowest BCUT2D eigenvalue weighted by Crippen LogP contribution is -1.96. The lowest BCUT2D eigenvalue weighted by atomic mass is 10.0. The van der Waals surface area contributed by atoms with Crippen molar-refractivity contribution in [3.8, 4) is 11.3 Å². The third-order valence-corrected chi connectivity index (χ3v) is 2.03. The van der Waals surface area contributed by atoms with Crippen molar-refractivity contribution >= 4 is 6.29 Å². The van der Waals surface area contributed by atoms with E-state index in [1.54, 1.807) is 0 Å². The predicted octanol–water partition coefficient (Wildman–Crippen LogP) is 2.17. The fourth-order valence-corrected chi connectivity index (χ4v) is 1.35. The number of aromatic amines is 1. The average Bonchev–Trinajstić information content (AvgIpc) is 2.74. The van der Waals surface area contributed by atoms with Crippen LogP contribution in [0.5, 0.6) is 0 Å². The zero-order valence-corrected chi connectivity index (χ0v) is 7.50. The van der Waals surface area contributed by atoms with Crippen molar-refractivity contribution in [2.45, 2.75) is 0 Å². The van der Waals surface area contributed by atoms with E-state index in [0.717, 1.165) is 12.1 Å². The van der Waals surface area contributed by atoms with Crippen molar-refractivity contribution < 1.29 is 13.6 Å². The van der Waals surface area contributed by atoms with Gasteiger partial charge < -0.3 is 4.98 Å². The van der Waals surface area contributed by atoms with Gasteiger partial charge in [-0.25, -0.2) is 13.8 Å². The van der Waals surface area contributed by atoms with E-state index in [1.165, 1.54) is 12.5 Å². The molecule has 0 aliphatic carbocycles. The Morgan fingerprint density at radius 1 is 1.27 bits per heavy atom. The highest BCUT2D eigenvalue weighted by Gasteiger charge is 2.15. The standard InChI is InChI=1S/C10H6F2N2O/c11-7-1-2-8(12)10(6(7)4-15)9-3-13-5-14-9/h1-5H,(H,13,14). The minimum Gasteiger partial charge on any atom is -0.345 e. The second-order valence-corrected chi connectivity index (χ2v) is 2.90. The maximum Gasteiger partial charge on any atom is 0.153 e. The van der Waals surface area contributed by atoms with Crippen LogP contribution in [0.3, 0.4) is 0 Å². The van der Waals surface area contributed by atoms with Gasteiger partial charge in [0.2, 0.25) is 0 Å². The van der Waals surface area contributed by atoms with Gasteiger partial charge in [0.05, 0.1) is 23.8 Å². The number of nitrogens with one attached hydrogen (secondary N) is 1. The monoisotopic (exact) mass is 208 g/mol. The van der Waals surface area contributed by atoms with Gasteiger partial charge in [-0.3, -0.25) is 4.79 Å². The number of H-pyrrole nitrogens is 1. The first-order valence-corrected chi connectivity index (χ1v) is 4.16. The number of aromatic nitrogens is 2. The van der Waals surface area contributed by atoms with E-state index in [0.29, 0.717) is 0 Å². The first kappa shape index (κ1) is 9.51. The summed E-state index contributed by atoms with van der Waals surface area (Å²) in [6, 6.07) is 1.89. The average molecular weight is 208 g/mol. The third kappa shape index (κ3) is 1.52. The van der Waals surface area contributed by atoms with Crippen LogP contribution in [0.25, 0.3) is 11.3 Å². The Kier molecular flexibility index (Phi) is 2.29. The summed E-state index contributed by atoms with van der Waals surface area (Å²) in [6.07, 6.45) is 2.94. The lowest BCUT2D eigenvalue weighted by Gasteiger charge is -2.04. The number of halogens is 2. The van der Waals surface area contributed by atoms with Crippen LogP contribution in [-0.2, 0) is 0 Å². The molecule has 0 aliphatic rings. The Hall–Kier alpha value is -2.04. The number of carbonyl (C=O) groups is 1. The highest BCUT2D eigenvalue weighted by molar-refractivity contribution is 5.87. The molecule has 5 heteroatoms. The Morgan fingerprint density at radius 2 is 2.00 bits per heavy atom. The quantitative estimate of drug-likeness (QED) is 0.768. The van der Waals surface area contributed by atoms with Gasteiger partial charge in [0.15, 0.2) is 6.29 Å². The second-order valence-electron chi connectivity index (χ2n) is 2.90. The minimum atomic E-state index is -0.754. The molecule has 1 N–H and O–H groups in total. The Morgan fingerprint density at radius 3 is 2.60 bits per heavy atom. The van der Waals surface area contributed by atoms with Gasteiger partial charge in [0, 0.05) is 5.56 Å². The van der Waals surface area contributed by atoms with Gasteiger partial charge in [-0.2, -0.15) is 0 Å². The molecule has 1 aromatic heterocycles. The number of hydrogen-bond acceptors (Lipinski definition) is 2. The highest BCUT2D eigenvalue weighted by atomic mass is 19.1. The molecular formula is C10H6F2N2O. The topological polar surface area (TPSA) is 45.8 Å². The molecule has 15 heavy (non-hydrogen) atoms. The summed E-state index contributed by atoms with van der Waals surface area (Å²) in [7, 11) is 0. The van der Waals surface area contributed by atoms with E-state index in [9.17, 15) is 13.6 Å². The molecule has 0 spiro atoms. The molecule has 0 bridgehead atoms. The second kappa shape index (κ2) is 3.61. The number of carbonyl (C=O) groups excluding carboxylic acids is 1. The molecule has 0 saturated heterocycles. The van der Waals surface area contributed by atoms with E-state index in [4.69, 9.17) is 0 Å². The van der Waals surface area contributed by atoms with E-state index in [1.807, 2.05) is 0 Å². The first-order valence-electron chi connectivity index (χ1n) is 4.16. The van der Waals surface area contributed by atoms with Crippen LogP contribution in [0.1, 0.15) is 10.4 Å². The molecule has 2 rings (SSSR count). The maximum atomic E-state index is 13.4. The van der Waals surface area contributed by atoms with Crippen molar-refractivity contribution in [1.82, 2.24) is 9.97 Å². The smallest absolute Gasteiger partial charge is 0.153 e. The Bertz CT molecular complexity index is 494. The van der Waals surface area contributed by atoms with Crippen LogP contribution in [-0.4, -0.2) is 16.3 Å². The third-order valence-electron chi connectivity index (χ3n) is 2.03. The van der Waals surface area contributed by atoms with Crippen molar-refractivity contribution in [3.63, 3.8) is 0 Å². The molecule has 0 amide bonds. The van der Waals surface area contributed by atoms with Gasteiger partial charge >= 0.3 is 0 Å². The zero-order chi connectivity index (χ0) is 10.8. The Balaban J connectivity index is 2.74. The number of aldehydes is 1. The van der Waals surface area contributed by atoms with Crippen molar-refractivity contribution in [3.05, 3.63) is 41.9 Å². The summed E-state index contributed by atoms with van der Waals surface area (Å²) < 4.78 is 26.6. The SMILES string of the molecule is O=Cc1c(F)ccc(F)c1-c1cnc[nH]1. The predicted molar refractivity (Wildman–Crippen MR) is 49.3 cm³/mol. The van der Waals surface area contributed by atoms with Gasteiger partial charge in [0.25, 0.3) is 0 Å². The molecule has 1 aromatic carbocycles. The molecule has 0 saturated carbocycles. The summed E-state index contributed by atoms with van der Waals surface area (Å²) in [5, 5.41) is 0. The summed E-state index contributed by atoms with van der Waals surface area (Å²) in [5.74, 6) is -1.42. The number of hydrogen-bond donors (Lipinski definition) is 1. The summed E-state index contributed by atoms with van der Waals surface area (Å²) in [5.41, 5.74) is -0.129. The van der Waals surface area contributed by atoms with Gasteiger partial charge in [0.1, 0.15) is 11.6 Å². The summed E-state index contributed by atoms with van der Waals surface area (Å²) in [4.78, 5) is 17.0. The van der Waals surface area contributed by atoms with Crippen molar-refractivity contribution in [2.75, 3.05) is 0 Å². The van der Waals surface area contributed by atoms with E-state index < -0.39 is 11.6 Å². The van der Waals surface area contributed by atoms with Crippen LogP contribution in [0, 0.1) is 11.6 Å². The molecule has 2 aromatic rings. The fourth-order valence-electron chi connectivity index (χ4n) is 1.35. The summed E-state index contributed by atoms with van der Waals surface area (Å²) >= 11 is 0. The molecule has 0 atom stereocenters. The lowest BCUT2D eigenvalue weighted by molar-refractivity contribution is 0.112. The van der Waals surface area contributed by atoms with Crippen molar-refractivity contribution in [2.24, 2.45) is 0 Å². The highest BCUT2D eigenvalue weighted by Crippen LogP contribution is 2.25. The van der Waals surface area contributed by atoms with Gasteiger partial charge in [-0.15, -0.1) is 0 Å². The number of imidazole rings is 1. The van der Waals surface area contributed by atoms with Gasteiger partial charge in [-0.1, -0.05) is 0 Å². The van der Waals surface area contributed by atoms with Crippen LogP contribution >= 0.6 is 0 Å². The minimum absolute atomic E-state index is 0.0949. The molecule has 0 unspecified atom stereocenters. The van der Waals surface area contributed by atoms with E-state index in [-0.39, 0.29) is 23.1 Å². The summed E-state index contributed by atoms with van der Waals surface area (Å²) in [6.45, 7) is 0. The molecular weight excluding hydrogens is 202 g/mol. The van der Waals surface area contributed by atoms with Crippen LogP contribution < -0.4 is 0 Å².